The Morgan fingerprint density at radius 1 is 1.23 bits per heavy atom. The van der Waals surface area contributed by atoms with Crippen molar-refractivity contribution < 1.29 is 0 Å². The number of likely N-dealkylation sites (N-methyl/N-ethyl adjacent to an activating group) is 1. The van der Waals surface area contributed by atoms with Crippen LogP contribution in [0, 0.1) is 6.92 Å². The Balaban J connectivity index is 2.77. The third kappa shape index (κ3) is 2.49. The van der Waals surface area contributed by atoms with E-state index in [1.54, 1.807) is 0 Å². The molecule has 0 aliphatic heterocycles. The van der Waals surface area contributed by atoms with Crippen LogP contribution in [-0.2, 0) is 0 Å². The molecule has 72 valence electrons. The summed E-state index contributed by atoms with van der Waals surface area (Å²) in [7, 11) is 1.96. The largest absolute Gasteiger partial charge is 0.317 e. The predicted octanol–water partition coefficient (Wildman–Crippen LogP) is 1.50. The molecule has 2 atom stereocenters. The van der Waals surface area contributed by atoms with Crippen LogP contribution in [0.15, 0.2) is 12.1 Å². The second kappa shape index (κ2) is 4.33. The van der Waals surface area contributed by atoms with Gasteiger partial charge in [0.15, 0.2) is 0 Å². The van der Waals surface area contributed by atoms with E-state index in [0.717, 1.165) is 11.4 Å². The van der Waals surface area contributed by atoms with Gasteiger partial charge in [-0.3, -0.25) is 0 Å². The first-order valence-corrected chi connectivity index (χ1v) is 4.62. The van der Waals surface area contributed by atoms with Crippen molar-refractivity contribution in [3.05, 3.63) is 23.5 Å². The molecule has 1 N–H and O–H groups in total. The Morgan fingerprint density at radius 2 is 1.92 bits per heavy atom. The molecular formula is C10H17N3. The topological polar surface area (TPSA) is 37.8 Å². The highest BCUT2D eigenvalue weighted by Crippen LogP contribution is 2.15. The summed E-state index contributed by atoms with van der Waals surface area (Å²) in [6.07, 6.45) is 0. The van der Waals surface area contributed by atoms with E-state index in [1.807, 2.05) is 26.1 Å². The summed E-state index contributed by atoms with van der Waals surface area (Å²) in [5.74, 6) is 0.401. The van der Waals surface area contributed by atoms with Gasteiger partial charge in [-0.1, -0.05) is 6.92 Å². The SMILES string of the molecule is CNC(C)C(C)c1ccc(C)nn1. The Kier molecular flexibility index (Phi) is 3.37. The molecular weight excluding hydrogens is 162 g/mol. The molecule has 2 unspecified atom stereocenters. The second-order valence-electron chi connectivity index (χ2n) is 3.47. The van der Waals surface area contributed by atoms with Gasteiger partial charge >= 0.3 is 0 Å². The fourth-order valence-electron chi connectivity index (χ4n) is 1.16. The molecule has 0 fully saturated rings. The summed E-state index contributed by atoms with van der Waals surface area (Å²) in [5, 5.41) is 11.4. The molecule has 1 aromatic rings. The number of nitrogens with one attached hydrogen (secondary N) is 1. The number of nitrogens with zero attached hydrogens (tertiary/aromatic N) is 2. The molecule has 0 spiro atoms. The minimum absolute atomic E-state index is 0.401. The summed E-state index contributed by atoms with van der Waals surface area (Å²) in [6, 6.07) is 4.47. The van der Waals surface area contributed by atoms with Crippen molar-refractivity contribution in [3.63, 3.8) is 0 Å². The van der Waals surface area contributed by atoms with Crippen molar-refractivity contribution in [2.24, 2.45) is 0 Å². The van der Waals surface area contributed by atoms with Gasteiger partial charge in [0.1, 0.15) is 0 Å². The van der Waals surface area contributed by atoms with Crippen LogP contribution in [0.1, 0.15) is 31.2 Å². The van der Waals surface area contributed by atoms with E-state index in [-0.39, 0.29) is 0 Å². The van der Waals surface area contributed by atoms with Gasteiger partial charge in [0, 0.05) is 12.0 Å². The lowest BCUT2D eigenvalue weighted by Crippen LogP contribution is -2.27. The van der Waals surface area contributed by atoms with Crippen molar-refractivity contribution >= 4 is 0 Å². The van der Waals surface area contributed by atoms with Gasteiger partial charge in [-0.05, 0) is 33.0 Å². The van der Waals surface area contributed by atoms with Gasteiger partial charge in [-0.15, -0.1) is 0 Å². The zero-order valence-electron chi connectivity index (χ0n) is 8.70. The highest BCUT2D eigenvalue weighted by molar-refractivity contribution is 5.11. The lowest BCUT2D eigenvalue weighted by molar-refractivity contribution is 0.510. The Bertz CT molecular complexity index is 255. The van der Waals surface area contributed by atoms with E-state index in [2.05, 4.69) is 29.4 Å². The lowest BCUT2D eigenvalue weighted by Gasteiger charge is -2.17. The highest BCUT2D eigenvalue weighted by Gasteiger charge is 2.13. The summed E-state index contributed by atoms with van der Waals surface area (Å²) in [6.45, 7) is 6.25. The third-order valence-electron chi connectivity index (χ3n) is 2.49. The van der Waals surface area contributed by atoms with Crippen molar-refractivity contribution in [2.45, 2.75) is 32.7 Å². The maximum Gasteiger partial charge on any atom is 0.0674 e. The molecule has 1 aromatic heterocycles. The first-order chi connectivity index (χ1) is 6.15. The van der Waals surface area contributed by atoms with E-state index < -0.39 is 0 Å². The maximum absolute atomic E-state index is 4.16. The molecule has 0 saturated carbocycles. The van der Waals surface area contributed by atoms with Gasteiger partial charge < -0.3 is 5.32 Å². The van der Waals surface area contributed by atoms with E-state index >= 15 is 0 Å². The summed E-state index contributed by atoms with van der Waals surface area (Å²) >= 11 is 0. The Morgan fingerprint density at radius 3 is 2.38 bits per heavy atom. The molecule has 1 heterocycles. The van der Waals surface area contributed by atoms with E-state index in [9.17, 15) is 0 Å². The average molecular weight is 179 g/mol. The number of aromatic nitrogens is 2. The van der Waals surface area contributed by atoms with Gasteiger partial charge in [0.2, 0.25) is 0 Å². The highest BCUT2D eigenvalue weighted by atomic mass is 15.1. The molecule has 0 aliphatic carbocycles. The molecule has 0 aromatic carbocycles. The zero-order chi connectivity index (χ0) is 9.84. The molecule has 3 heteroatoms. The quantitative estimate of drug-likeness (QED) is 0.764. The van der Waals surface area contributed by atoms with Crippen LogP contribution < -0.4 is 5.32 Å². The number of rotatable bonds is 3. The standard InChI is InChI=1S/C10H17N3/c1-7-5-6-10(13-12-7)8(2)9(3)11-4/h5-6,8-9,11H,1-4H3. The molecule has 0 radical (unpaired) electrons. The van der Waals surface area contributed by atoms with E-state index in [1.165, 1.54) is 0 Å². The molecule has 0 saturated heterocycles. The number of hydrogen-bond donors (Lipinski definition) is 1. The van der Waals surface area contributed by atoms with Crippen LogP contribution in [-0.4, -0.2) is 23.3 Å². The summed E-state index contributed by atoms with van der Waals surface area (Å²) in [4.78, 5) is 0. The van der Waals surface area contributed by atoms with Crippen LogP contribution in [0.4, 0.5) is 0 Å². The fraction of sp³-hybridized carbons (Fsp3) is 0.600. The second-order valence-corrected chi connectivity index (χ2v) is 3.47. The summed E-state index contributed by atoms with van der Waals surface area (Å²) < 4.78 is 0. The van der Waals surface area contributed by atoms with E-state index in [0.29, 0.717) is 12.0 Å². The molecule has 1 rings (SSSR count). The first kappa shape index (κ1) is 10.1. The smallest absolute Gasteiger partial charge is 0.0674 e. The van der Waals surface area contributed by atoms with Crippen molar-refractivity contribution in [3.8, 4) is 0 Å². The lowest BCUT2D eigenvalue weighted by atomic mass is 10.00. The van der Waals surface area contributed by atoms with Crippen LogP contribution in [0.5, 0.6) is 0 Å². The maximum atomic E-state index is 4.16. The normalized spacial score (nSPS) is 15.4. The molecule has 3 nitrogen and oxygen atoms in total. The monoisotopic (exact) mass is 179 g/mol. The van der Waals surface area contributed by atoms with Crippen molar-refractivity contribution in [1.29, 1.82) is 0 Å². The van der Waals surface area contributed by atoms with Gasteiger partial charge in [-0.2, -0.15) is 10.2 Å². The first-order valence-electron chi connectivity index (χ1n) is 4.62. The van der Waals surface area contributed by atoms with Gasteiger partial charge in [0.05, 0.1) is 11.4 Å². The van der Waals surface area contributed by atoms with Gasteiger partial charge in [0.25, 0.3) is 0 Å². The fourth-order valence-corrected chi connectivity index (χ4v) is 1.16. The van der Waals surface area contributed by atoms with Crippen LogP contribution in [0.2, 0.25) is 0 Å². The molecule has 13 heavy (non-hydrogen) atoms. The number of aryl methyl sites for hydroxylation is 1. The third-order valence-corrected chi connectivity index (χ3v) is 2.49. The number of hydrogen-bond acceptors (Lipinski definition) is 3. The molecule has 0 bridgehead atoms. The predicted molar refractivity (Wildman–Crippen MR) is 53.7 cm³/mol. The Hall–Kier alpha value is -0.960. The van der Waals surface area contributed by atoms with Gasteiger partial charge in [-0.25, -0.2) is 0 Å². The van der Waals surface area contributed by atoms with Crippen molar-refractivity contribution in [1.82, 2.24) is 15.5 Å². The van der Waals surface area contributed by atoms with Crippen molar-refractivity contribution in [2.75, 3.05) is 7.05 Å². The molecule has 0 aliphatic rings. The average Bonchev–Trinajstić information content (AvgIpc) is 2.17. The minimum atomic E-state index is 0.401. The molecule has 0 amide bonds. The minimum Gasteiger partial charge on any atom is -0.317 e. The zero-order valence-corrected chi connectivity index (χ0v) is 8.70. The Labute approximate surface area is 79.6 Å². The van der Waals surface area contributed by atoms with Crippen LogP contribution in [0.25, 0.3) is 0 Å². The van der Waals surface area contributed by atoms with E-state index in [4.69, 9.17) is 0 Å². The van der Waals surface area contributed by atoms with Crippen LogP contribution in [0.3, 0.4) is 0 Å². The van der Waals surface area contributed by atoms with Crippen LogP contribution >= 0.6 is 0 Å². The summed E-state index contributed by atoms with van der Waals surface area (Å²) in [5.41, 5.74) is 2.01.